The Kier molecular flexibility index (Phi) is 7.31. The Balaban J connectivity index is 2.24. The van der Waals surface area contributed by atoms with Gasteiger partial charge in [-0.3, -0.25) is 4.57 Å². The first kappa shape index (κ1) is 20.1. The lowest BCUT2D eigenvalue weighted by Crippen LogP contribution is -2.50. The Morgan fingerprint density at radius 1 is 1.31 bits per heavy atom. The molecule has 0 saturated heterocycles. The van der Waals surface area contributed by atoms with E-state index in [-0.39, 0.29) is 18.3 Å². The molecule has 1 aromatic heterocycles. The highest BCUT2D eigenvalue weighted by Gasteiger charge is 2.31. The first-order chi connectivity index (χ1) is 12.5. The first-order valence-electron chi connectivity index (χ1n) is 8.77. The molecule has 26 heavy (non-hydrogen) atoms. The summed E-state index contributed by atoms with van der Waals surface area (Å²) in [5, 5.41) is 12.4. The maximum Gasteiger partial charge on any atom is 0.343 e. The molecule has 1 aliphatic heterocycles. The van der Waals surface area contributed by atoms with E-state index in [1.807, 2.05) is 13.8 Å². The second-order valence-electron chi connectivity index (χ2n) is 5.78. The van der Waals surface area contributed by atoms with Gasteiger partial charge >= 0.3 is 17.7 Å². The average Bonchev–Trinajstić information content (AvgIpc) is 2.97. The van der Waals surface area contributed by atoms with Crippen LogP contribution in [0.5, 0.6) is 0 Å². The zero-order valence-corrected chi connectivity index (χ0v) is 16.1. The molecule has 0 spiro atoms. The molecule has 0 radical (unpaired) electrons. The molecule has 1 atom stereocenters. The van der Waals surface area contributed by atoms with Crippen molar-refractivity contribution in [3.8, 4) is 0 Å². The van der Waals surface area contributed by atoms with Gasteiger partial charge < -0.3 is 15.4 Å². The lowest BCUT2D eigenvalue weighted by Gasteiger charge is -2.28. The van der Waals surface area contributed by atoms with Gasteiger partial charge in [0.15, 0.2) is 5.16 Å². The number of hydrogen-bond acceptors (Lipinski definition) is 6. The number of thioether (sulfide) groups is 1. The number of carbonyl (C=O) groups is 2. The van der Waals surface area contributed by atoms with Crippen LogP contribution in [0.3, 0.4) is 0 Å². The number of rotatable bonds is 9. The quantitative estimate of drug-likeness (QED) is 0.438. The van der Waals surface area contributed by atoms with Crippen molar-refractivity contribution in [1.29, 1.82) is 0 Å². The molecule has 2 heterocycles. The van der Waals surface area contributed by atoms with E-state index in [1.54, 1.807) is 11.5 Å². The molecule has 10 heteroatoms. The van der Waals surface area contributed by atoms with Gasteiger partial charge in [0.1, 0.15) is 0 Å². The van der Waals surface area contributed by atoms with Crippen LogP contribution in [-0.4, -0.2) is 45.2 Å². The predicted molar refractivity (Wildman–Crippen MR) is 97.9 cm³/mol. The second-order valence-corrected chi connectivity index (χ2v) is 6.72. The third kappa shape index (κ3) is 4.69. The van der Waals surface area contributed by atoms with Crippen molar-refractivity contribution in [2.24, 2.45) is 0 Å². The number of carbonyl (C=O) groups excluding carboxylic acids is 2. The lowest BCUT2D eigenvalue weighted by molar-refractivity contribution is -0.139. The van der Waals surface area contributed by atoms with Gasteiger partial charge in [0.05, 0.1) is 18.2 Å². The summed E-state index contributed by atoms with van der Waals surface area (Å²) in [7, 11) is 0. The number of urea groups is 1. The van der Waals surface area contributed by atoms with E-state index in [0.717, 1.165) is 12.8 Å². The number of hydrogen-bond donors (Lipinski definition) is 3. The van der Waals surface area contributed by atoms with Gasteiger partial charge in [-0.1, -0.05) is 32.0 Å². The van der Waals surface area contributed by atoms with E-state index in [4.69, 9.17) is 4.74 Å². The van der Waals surface area contributed by atoms with Gasteiger partial charge in [-0.2, -0.15) is 0 Å². The minimum atomic E-state index is -0.451. The molecule has 0 saturated carbocycles. The van der Waals surface area contributed by atoms with Crippen LogP contribution >= 0.6 is 11.8 Å². The Hall–Kier alpha value is -2.23. The average molecular weight is 383 g/mol. The maximum atomic E-state index is 12.4. The van der Waals surface area contributed by atoms with Gasteiger partial charge in [0, 0.05) is 18.0 Å². The topological polar surface area (TPSA) is 118 Å². The summed E-state index contributed by atoms with van der Waals surface area (Å²) < 4.78 is 6.71. The monoisotopic (exact) mass is 383 g/mol. The molecule has 0 fully saturated rings. The molecule has 2 amide bonds. The van der Waals surface area contributed by atoms with Gasteiger partial charge in [-0.15, -0.1) is 5.10 Å². The Bertz CT molecular complexity index is 739. The van der Waals surface area contributed by atoms with Crippen LogP contribution in [0.1, 0.15) is 40.0 Å². The fourth-order valence-corrected chi connectivity index (χ4v) is 3.58. The maximum absolute atomic E-state index is 12.4. The Labute approximate surface area is 155 Å². The third-order valence-corrected chi connectivity index (χ3v) is 4.95. The molecule has 0 aromatic carbocycles. The van der Waals surface area contributed by atoms with Crippen LogP contribution in [0.25, 0.3) is 0 Å². The van der Waals surface area contributed by atoms with Crippen LogP contribution < -0.4 is 16.3 Å². The van der Waals surface area contributed by atoms with Crippen molar-refractivity contribution >= 4 is 23.8 Å². The first-order valence-corrected chi connectivity index (χ1v) is 9.75. The number of unbranched alkanes of at least 4 members (excludes halogenated alkanes) is 1. The molecule has 1 aromatic rings. The number of ether oxygens (including phenoxy) is 1. The van der Waals surface area contributed by atoms with Gasteiger partial charge in [-0.05, 0) is 19.8 Å². The summed E-state index contributed by atoms with van der Waals surface area (Å²) in [6, 6.07) is -0.759. The number of aromatic amines is 1. The lowest BCUT2D eigenvalue weighted by atomic mass is 10.0. The molecule has 0 aliphatic carbocycles. The summed E-state index contributed by atoms with van der Waals surface area (Å²) in [5.74, 6) is -0.151. The van der Waals surface area contributed by atoms with E-state index >= 15 is 0 Å². The minimum Gasteiger partial charge on any atom is -0.463 e. The molecule has 3 N–H and O–H groups in total. The predicted octanol–water partition coefficient (Wildman–Crippen LogP) is 1.37. The van der Waals surface area contributed by atoms with Crippen molar-refractivity contribution in [3.63, 3.8) is 0 Å². The standard InChI is InChI=1S/C16H25N5O4S/c1-4-7-8-21-15(24)19-20-16(21)26-9-11-12(13(22)25-6-3)10(5-2)17-14(23)18-11/h10H,4-9H2,1-3H3,(H,19,24)(H2,17,18,23)/t10-/m0/s1. The number of esters is 1. The molecule has 2 rings (SSSR count). The highest BCUT2D eigenvalue weighted by molar-refractivity contribution is 7.99. The highest BCUT2D eigenvalue weighted by atomic mass is 32.2. The largest absolute Gasteiger partial charge is 0.463 e. The number of nitrogens with zero attached hydrogens (tertiary/aromatic N) is 2. The van der Waals surface area contributed by atoms with Crippen molar-refractivity contribution in [2.75, 3.05) is 12.4 Å². The fraction of sp³-hybridized carbons (Fsp3) is 0.625. The minimum absolute atomic E-state index is 0.253. The number of amides is 2. The number of nitrogens with one attached hydrogen (secondary N) is 3. The molecule has 9 nitrogen and oxygen atoms in total. The number of aromatic nitrogens is 3. The molecule has 1 aliphatic rings. The highest BCUT2D eigenvalue weighted by Crippen LogP contribution is 2.23. The van der Waals surface area contributed by atoms with Crippen molar-refractivity contribution < 1.29 is 14.3 Å². The van der Waals surface area contributed by atoms with Gasteiger partial charge in [-0.25, -0.2) is 19.5 Å². The van der Waals surface area contributed by atoms with Crippen molar-refractivity contribution in [3.05, 3.63) is 21.8 Å². The summed E-state index contributed by atoms with van der Waals surface area (Å²) in [6.45, 7) is 6.49. The molecular weight excluding hydrogens is 358 g/mol. The SMILES string of the molecule is CCCCn1c(SCC2=C(C(=O)OCC)[C@H](CC)NC(=O)N2)n[nH]c1=O. The van der Waals surface area contributed by atoms with Crippen LogP contribution in [-0.2, 0) is 16.1 Å². The summed E-state index contributed by atoms with van der Waals surface area (Å²) in [5.41, 5.74) is 0.641. The van der Waals surface area contributed by atoms with Gasteiger partial charge in [0.25, 0.3) is 0 Å². The number of H-pyrrole nitrogens is 1. The normalized spacial score (nSPS) is 17.0. The van der Waals surface area contributed by atoms with E-state index < -0.39 is 12.0 Å². The summed E-state index contributed by atoms with van der Waals surface area (Å²) in [4.78, 5) is 36.1. The second kappa shape index (κ2) is 9.46. The zero-order valence-electron chi connectivity index (χ0n) is 15.3. The van der Waals surface area contributed by atoms with E-state index in [1.165, 1.54) is 11.8 Å². The Morgan fingerprint density at radius 3 is 2.73 bits per heavy atom. The van der Waals surface area contributed by atoms with Crippen LogP contribution in [0.15, 0.2) is 21.2 Å². The van der Waals surface area contributed by atoms with Crippen molar-refractivity contribution in [2.45, 2.75) is 57.8 Å². The van der Waals surface area contributed by atoms with Crippen molar-refractivity contribution in [1.82, 2.24) is 25.4 Å². The van der Waals surface area contributed by atoms with Crippen LogP contribution in [0.2, 0.25) is 0 Å². The smallest absolute Gasteiger partial charge is 0.343 e. The zero-order chi connectivity index (χ0) is 19.1. The van der Waals surface area contributed by atoms with E-state index in [2.05, 4.69) is 20.8 Å². The fourth-order valence-electron chi connectivity index (χ4n) is 2.64. The Morgan fingerprint density at radius 2 is 2.08 bits per heavy atom. The van der Waals surface area contributed by atoms with E-state index in [9.17, 15) is 14.4 Å². The van der Waals surface area contributed by atoms with E-state index in [0.29, 0.717) is 35.1 Å². The third-order valence-electron chi connectivity index (χ3n) is 3.95. The van der Waals surface area contributed by atoms with Crippen LogP contribution in [0, 0.1) is 0 Å². The molecule has 0 bridgehead atoms. The van der Waals surface area contributed by atoms with Gasteiger partial charge in [0.2, 0.25) is 0 Å². The summed E-state index contributed by atoms with van der Waals surface area (Å²) in [6.07, 6.45) is 2.39. The molecule has 144 valence electrons. The molecule has 0 unspecified atom stereocenters. The molecular formula is C16H25N5O4S. The van der Waals surface area contributed by atoms with Crippen LogP contribution in [0.4, 0.5) is 4.79 Å². The summed E-state index contributed by atoms with van der Waals surface area (Å²) >= 11 is 1.29.